The molecular weight excluding hydrogens is 305 g/mol. The number of halogens is 2. The van der Waals surface area contributed by atoms with Gasteiger partial charge in [-0.25, -0.2) is 0 Å². The third-order valence-corrected chi connectivity index (χ3v) is 4.00. The van der Waals surface area contributed by atoms with E-state index in [9.17, 15) is 5.11 Å². The number of hydrogen-bond donors (Lipinski definition) is 1. The van der Waals surface area contributed by atoms with E-state index in [1.165, 1.54) is 0 Å². The Hall–Kier alpha value is -1.61. The van der Waals surface area contributed by atoms with Crippen molar-refractivity contribution in [2.45, 2.75) is 13.0 Å². The van der Waals surface area contributed by atoms with E-state index < -0.39 is 6.10 Å². The van der Waals surface area contributed by atoms with Gasteiger partial charge in [-0.3, -0.25) is 4.98 Å². The topological polar surface area (TPSA) is 33.1 Å². The lowest BCUT2D eigenvalue weighted by Gasteiger charge is -2.16. The maximum absolute atomic E-state index is 10.7. The van der Waals surface area contributed by atoms with Crippen LogP contribution in [0.3, 0.4) is 0 Å². The Morgan fingerprint density at radius 1 is 1.00 bits per heavy atom. The van der Waals surface area contributed by atoms with Crippen molar-refractivity contribution in [1.82, 2.24) is 4.98 Å². The summed E-state index contributed by atoms with van der Waals surface area (Å²) < 4.78 is 0. The van der Waals surface area contributed by atoms with Crippen molar-refractivity contribution >= 4 is 34.1 Å². The van der Waals surface area contributed by atoms with Crippen LogP contribution in [-0.4, -0.2) is 10.1 Å². The quantitative estimate of drug-likeness (QED) is 0.726. The number of pyridine rings is 1. The number of para-hydroxylation sites is 1. The number of hydrogen-bond acceptors (Lipinski definition) is 2. The number of aromatic nitrogens is 1. The molecule has 1 unspecified atom stereocenters. The molecule has 3 rings (SSSR count). The second-order valence-electron chi connectivity index (χ2n) is 4.94. The minimum absolute atomic E-state index is 0.491. The number of aliphatic hydroxyl groups excluding tert-OH is 1. The summed E-state index contributed by atoms with van der Waals surface area (Å²) in [5, 5.41) is 12.7. The maximum atomic E-state index is 10.7. The first-order valence-corrected chi connectivity index (χ1v) is 7.31. The maximum Gasteiger partial charge on any atom is 0.106 e. The number of benzene rings is 2. The first-order chi connectivity index (χ1) is 10.1. The molecule has 0 saturated carbocycles. The molecule has 1 atom stereocenters. The summed E-state index contributed by atoms with van der Waals surface area (Å²) in [6.07, 6.45) is -0.845. The van der Waals surface area contributed by atoms with Crippen LogP contribution in [0.4, 0.5) is 0 Å². The Bertz CT molecular complexity index is 817. The molecule has 0 aliphatic rings. The summed E-state index contributed by atoms with van der Waals surface area (Å²) in [5.41, 5.74) is 3.08. The number of aryl methyl sites for hydroxylation is 1. The predicted octanol–water partition coefficient (Wildman–Crippen LogP) is 4.93. The summed E-state index contributed by atoms with van der Waals surface area (Å²) in [5.74, 6) is 0. The highest BCUT2D eigenvalue weighted by molar-refractivity contribution is 6.33. The zero-order valence-corrected chi connectivity index (χ0v) is 12.9. The Balaban J connectivity index is 2.22. The molecule has 2 nitrogen and oxygen atoms in total. The fourth-order valence-electron chi connectivity index (χ4n) is 2.46. The van der Waals surface area contributed by atoms with Gasteiger partial charge in [-0.05, 0) is 42.8 Å². The predicted molar refractivity (Wildman–Crippen MR) is 87.0 cm³/mol. The van der Waals surface area contributed by atoms with Gasteiger partial charge in [-0.2, -0.15) is 0 Å². The van der Waals surface area contributed by atoms with E-state index in [0.29, 0.717) is 15.6 Å². The third-order valence-electron chi connectivity index (χ3n) is 3.42. The monoisotopic (exact) mass is 317 g/mol. The lowest BCUT2D eigenvalue weighted by atomic mass is 9.97. The summed E-state index contributed by atoms with van der Waals surface area (Å²) in [7, 11) is 0. The van der Waals surface area contributed by atoms with Crippen LogP contribution in [0.25, 0.3) is 10.9 Å². The highest BCUT2D eigenvalue weighted by Crippen LogP contribution is 2.33. The molecule has 106 valence electrons. The van der Waals surface area contributed by atoms with E-state index in [1.54, 1.807) is 18.2 Å². The van der Waals surface area contributed by atoms with Crippen LogP contribution < -0.4 is 0 Å². The van der Waals surface area contributed by atoms with Crippen molar-refractivity contribution in [2.24, 2.45) is 0 Å². The fourth-order valence-corrected chi connectivity index (χ4v) is 2.86. The van der Waals surface area contributed by atoms with Crippen LogP contribution in [-0.2, 0) is 0 Å². The Kier molecular flexibility index (Phi) is 3.85. The largest absolute Gasteiger partial charge is 0.384 e. The number of aliphatic hydroxyl groups is 1. The number of nitrogens with zero attached hydrogens (tertiary/aromatic N) is 1. The molecule has 21 heavy (non-hydrogen) atoms. The van der Waals surface area contributed by atoms with Crippen molar-refractivity contribution < 1.29 is 5.11 Å². The average molecular weight is 318 g/mol. The van der Waals surface area contributed by atoms with Gasteiger partial charge < -0.3 is 5.11 Å². The van der Waals surface area contributed by atoms with E-state index in [1.807, 2.05) is 37.3 Å². The van der Waals surface area contributed by atoms with Crippen LogP contribution in [0.1, 0.15) is 22.9 Å². The standard InChI is InChI=1S/C17H13Cl2NO/c1-10-8-13(12-4-2-3-5-16(12)20-10)17(21)14-9-11(18)6-7-15(14)19/h2-9,17,21H,1H3. The van der Waals surface area contributed by atoms with Crippen molar-refractivity contribution in [3.8, 4) is 0 Å². The summed E-state index contributed by atoms with van der Waals surface area (Å²) in [4.78, 5) is 4.48. The van der Waals surface area contributed by atoms with Crippen molar-refractivity contribution in [1.29, 1.82) is 0 Å². The van der Waals surface area contributed by atoms with Gasteiger partial charge in [0.15, 0.2) is 0 Å². The van der Waals surface area contributed by atoms with Gasteiger partial charge in [0.25, 0.3) is 0 Å². The molecular formula is C17H13Cl2NO. The molecule has 0 aliphatic heterocycles. The summed E-state index contributed by atoms with van der Waals surface area (Å²) in [6, 6.07) is 14.7. The first kappa shape index (κ1) is 14.3. The van der Waals surface area contributed by atoms with E-state index in [-0.39, 0.29) is 0 Å². The van der Waals surface area contributed by atoms with Crippen LogP contribution >= 0.6 is 23.2 Å². The SMILES string of the molecule is Cc1cc(C(O)c2cc(Cl)ccc2Cl)c2ccccc2n1. The molecule has 0 amide bonds. The Morgan fingerprint density at radius 3 is 2.57 bits per heavy atom. The van der Waals surface area contributed by atoms with E-state index >= 15 is 0 Å². The lowest BCUT2D eigenvalue weighted by Crippen LogP contribution is -2.03. The summed E-state index contributed by atoms with van der Waals surface area (Å²) >= 11 is 12.2. The van der Waals surface area contributed by atoms with Crippen LogP contribution in [0.5, 0.6) is 0 Å². The number of fused-ring (bicyclic) bond motifs is 1. The zero-order chi connectivity index (χ0) is 15.0. The highest BCUT2D eigenvalue weighted by Gasteiger charge is 2.18. The third kappa shape index (κ3) is 2.75. The molecule has 0 fully saturated rings. The molecule has 0 bridgehead atoms. The Labute approximate surface area is 133 Å². The van der Waals surface area contributed by atoms with E-state index in [4.69, 9.17) is 23.2 Å². The minimum Gasteiger partial charge on any atom is -0.384 e. The van der Waals surface area contributed by atoms with Crippen molar-refractivity contribution in [2.75, 3.05) is 0 Å². The minimum atomic E-state index is -0.845. The normalized spacial score (nSPS) is 12.6. The molecule has 4 heteroatoms. The molecule has 0 aliphatic carbocycles. The van der Waals surface area contributed by atoms with Crippen LogP contribution in [0, 0.1) is 6.92 Å². The number of rotatable bonds is 2. The first-order valence-electron chi connectivity index (χ1n) is 6.55. The Morgan fingerprint density at radius 2 is 1.76 bits per heavy atom. The van der Waals surface area contributed by atoms with Crippen molar-refractivity contribution in [3.63, 3.8) is 0 Å². The van der Waals surface area contributed by atoms with E-state index in [2.05, 4.69) is 4.98 Å². The molecule has 0 radical (unpaired) electrons. The second kappa shape index (κ2) is 5.64. The zero-order valence-electron chi connectivity index (χ0n) is 11.3. The molecule has 1 N–H and O–H groups in total. The molecule has 0 saturated heterocycles. The second-order valence-corrected chi connectivity index (χ2v) is 5.78. The molecule has 1 heterocycles. The van der Waals surface area contributed by atoms with Crippen LogP contribution in [0.2, 0.25) is 10.0 Å². The molecule has 3 aromatic rings. The summed E-state index contributed by atoms with van der Waals surface area (Å²) in [6.45, 7) is 1.90. The van der Waals surface area contributed by atoms with Gasteiger partial charge in [0.2, 0.25) is 0 Å². The van der Waals surface area contributed by atoms with Gasteiger partial charge in [0.1, 0.15) is 6.10 Å². The van der Waals surface area contributed by atoms with Gasteiger partial charge in [-0.1, -0.05) is 41.4 Å². The van der Waals surface area contributed by atoms with Crippen molar-refractivity contribution in [3.05, 3.63) is 75.4 Å². The highest BCUT2D eigenvalue weighted by atomic mass is 35.5. The van der Waals surface area contributed by atoms with Gasteiger partial charge in [0.05, 0.1) is 5.52 Å². The fraction of sp³-hybridized carbons (Fsp3) is 0.118. The average Bonchev–Trinajstić information content (AvgIpc) is 2.48. The molecule has 0 spiro atoms. The van der Waals surface area contributed by atoms with Gasteiger partial charge in [0, 0.05) is 26.7 Å². The smallest absolute Gasteiger partial charge is 0.106 e. The van der Waals surface area contributed by atoms with E-state index in [0.717, 1.165) is 22.2 Å². The van der Waals surface area contributed by atoms with Crippen LogP contribution in [0.15, 0.2) is 48.5 Å². The lowest BCUT2D eigenvalue weighted by molar-refractivity contribution is 0.222. The molecule has 1 aromatic heterocycles. The molecule has 2 aromatic carbocycles. The van der Waals surface area contributed by atoms with Gasteiger partial charge in [-0.15, -0.1) is 0 Å². The van der Waals surface area contributed by atoms with Gasteiger partial charge >= 0.3 is 0 Å².